The van der Waals surface area contributed by atoms with E-state index in [1.807, 2.05) is 11.6 Å². The van der Waals surface area contributed by atoms with Crippen molar-refractivity contribution in [3.05, 3.63) is 15.0 Å². The fourth-order valence-corrected chi connectivity index (χ4v) is 1.70. The molecule has 0 aliphatic carbocycles. The lowest BCUT2D eigenvalue weighted by Crippen LogP contribution is -1.99. The van der Waals surface area contributed by atoms with E-state index < -0.39 is 0 Å². The van der Waals surface area contributed by atoms with Crippen LogP contribution in [-0.4, -0.2) is 9.55 Å². The van der Waals surface area contributed by atoms with E-state index in [1.165, 1.54) is 0 Å². The molecule has 11 heavy (non-hydrogen) atoms. The van der Waals surface area contributed by atoms with Gasteiger partial charge >= 0.3 is 0 Å². The number of nitrogens with zero attached hydrogens (tertiary/aromatic N) is 2. The average Bonchev–Trinajstić information content (AvgIpc) is 2.17. The van der Waals surface area contributed by atoms with E-state index in [0.29, 0.717) is 5.92 Å². The Morgan fingerprint density at radius 3 is 2.09 bits per heavy atom. The summed E-state index contributed by atoms with van der Waals surface area (Å²) >= 11 is 6.78. The molecule has 0 unspecified atom stereocenters. The molecule has 1 rings (SSSR count). The lowest BCUT2D eigenvalue weighted by Gasteiger charge is -2.03. The predicted octanol–water partition coefficient (Wildman–Crippen LogP) is 3.07. The van der Waals surface area contributed by atoms with Gasteiger partial charge in [-0.2, -0.15) is 0 Å². The van der Waals surface area contributed by atoms with Crippen molar-refractivity contribution in [1.82, 2.24) is 9.55 Å². The summed E-state index contributed by atoms with van der Waals surface area (Å²) < 4.78 is 3.92. The summed E-state index contributed by atoms with van der Waals surface area (Å²) in [6.45, 7) is 4.25. The van der Waals surface area contributed by atoms with Gasteiger partial charge < -0.3 is 4.57 Å². The van der Waals surface area contributed by atoms with Gasteiger partial charge in [0.05, 0.1) is 0 Å². The van der Waals surface area contributed by atoms with Gasteiger partial charge in [0, 0.05) is 13.0 Å². The maximum Gasteiger partial charge on any atom is 0.139 e. The SMILES string of the molecule is CC(C)c1nc(Br)c(Br)n1C. The van der Waals surface area contributed by atoms with Gasteiger partial charge in [-0.25, -0.2) is 4.98 Å². The zero-order valence-electron chi connectivity index (χ0n) is 6.73. The van der Waals surface area contributed by atoms with Crippen molar-refractivity contribution in [1.29, 1.82) is 0 Å². The Kier molecular flexibility index (Phi) is 2.75. The zero-order chi connectivity index (χ0) is 8.59. The van der Waals surface area contributed by atoms with E-state index in [9.17, 15) is 0 Å². The van der Waals surface area contributed by atoms with Gasteiger partial charge in [-0.15, -0.1) is 0 Å². The molecule has 1 heterocycles. The second-order valence-electron chi connectivity index (χ2n) is 2.77. The normalized spacial score (nSPS) is 11.1. The van der Waals surface area contributed by atoms with Crippen LogP contribution in [0.1, 0.15) is 25.6 Å². The van der Waals surface area contributed by atoms with E-state index in [2.05, 4.69) is 50.7 Å². The fourth-order valence-electron chi connectivity index (χ4n) is 0.977. The van der Waals surface area contributed by atoms with Crippen LogP contribution in [-0.2, 0) is 7.05 Å². The highest BCUT2D eigenvalue weighted by Crippen LogP contribution is 2.25. The van der Waals surface area contributed by atoms with Crippen LogP contribution >= 0.6 is 31.9 Å². The third-order valence-electron chi connectivity index (χ3n) is 1.54. The molecule has 1 aromatic heterocycles. The minimum Gasteiger partial charge on any atom is -0.325 e. The number of rotatable bonds is 1. The minimum absolute atomic E-state index is 0.461. The van der Waals surface area contributed by atoms with E-state index in [1.54, 1.807) is 0 Å². The van der Waals surface area contributed by atoms with Gasteiger partial charge in [-0.1, -0.05) is 13.8 Å². The first-order chi connectivity index (χ1) is 5.04. The molecule has 0 saturated heterocycles. The quantitative estimate of drug-likeness (QED) is 0.774. The van der Waals surface area contributed by atoms with E-state index in [4.69, 9.17) is 0 Å². The van der Waals surface area contributed by atoms with Crippen molar-refractivity contribution in [2.45, 2.75) is 19.8 Å². The first-order valence-corrected chi connectivity index (χ1v) is 5.00. The number of halogens is 2. The summed E-state index contributed by atoms with van der Waals surface area (Å²) in [4.78, 5) is 4.34. The summed E-state index contributed by atoms with van der Waals surface area (Å²) in [6, 6.07) is 0. The zero-order valence-corrected chi connectivity index (χ0v) is 9.90. The average molecular weight is 282 g/mol. The lowest BCUT2D eigenvalue weighted by molar-refractivity contribution is 0.704. The van der Waals surface area contributed by atoms with Gasteiger partial charge in [0.2, 0.25) is 0 Å². The summed E-state index contributed by atoms with van der Waals surface area (Å²) in [5.41, 5.74) is 0. The van der Waals surface area contributed by atoms with Crippen LogP contribution in [0.2, 0.25) is 0 Å². The minimum atomic E-state index is 0.461. The van der Waals surface area contributed by atoms with E-state index >= 15 is 0 Å². The summed E-state index contributed by atoms with van der Waals surface area (Å²) in [6.07, 6.45) is 0. The Balaban J connectivity index is 3.19. The van der Waals surface area contributed by atoms with Gasteiger partial charge in [-0.05, 0) is 31.9 Å². The number of hydrogen-bond donors (Lipinski definition) is 0. The standard InChI is InChI=1S/C7H10Br2N2/c1-4(2)7-10-5(8)6(9)11(7)3/h4H,1-3H3. The summed E-state index contributed by atoms with van der Waals surface area (Å²) in [5, 5.41) is 0. The van der Waals surface area contributed by atoms with E-state index in [0.717, 1.165) is 15.0 Å². The fraction of sp³-hybridized carbons (Fsp3) is 0.571. The van der Waals surface area contributed by atoms with Crippen molar-refractivity contribution in [3.63, 3.8) is 0 Å². The van der Waals surface area contributed by atoms with Gasteiger partial charge in [0.15, 0.2) is 0 Å². The first kappa shape index (κ1) is 9.26. The molecule has 0 spiro atoms. The van der Waals surface area contributed by atoms with Gasteiger partial charge in [0.25, 0.3) is 0 Å². The molecule has 4 heteroatoms. The van der Waals surface area contributed by atoms with Crippen LogP contribution in [0.3, 0.4) is 0 Å². The van der Waals surface area contributed by atoms with Gasteiger partial charge in [-0.3, -0.25) is 0 Å². The second-order valence-corrected chi connectivity index (χ2v) is 4.27. The van der Waals surface area contributed by atoms with Crippen LogP contribution in [0.15, 0.2) is 9.21 Å². The Hall–Kier alpha value is 0.170. The summed E-state index contributed by atoms with van der Waals surface area (Å²) in [5.74, 6) is 1.55. The molecule has 1 aromatic rings. The Bertz CT molecular complexity index is 266. The Labute approximate surface area is 83.3 Å². The number of imidazole rings is 1. The molecule has 0 N–H and O–H groups in total. The molecule has 62 valence electrons. The Morgan fingerprint density at radius 2 is 1.91 bits per heavy atom. The van der Waals surface area contributed by atoms with Crippen molar-refractivity contribution < 1.29 is 0 Å². The molecule has 0 bridgehead atoms. The molecule has 0 aromatic carbocycles. The summed E-state index contributed by atoms with van der Waals surface area (Å²) in [7, 11) is 2.00. The third kappa shape index (κ3) is 1.67. The number of hydrogen-bond acceptors (Lipinski definition) is 1. The maximum atomic E-state index is 4.34. The highest BCUT2D eigenvalue weighted by Gasteiger charge is 2.11. The first-order valence-electron chi connectivity index (χ1n) is 3.41. The van der Waals surface area contributed by atoms with Crippen LogP contribution in [0.4, 0.5) is 0 Å². The van der Waals surface area contributed by atoms with Crippen LogP contribution in [0.25, 0.3) is 0 Å². The predicted molar refractivity (Wildman–Crippen MR) is 52.7 cm³/mol. The topological polar surface area (TPSA) is 17.8 Å². The lowest BCUT2D eigenvalue weighted by atomic mass is 10.2. The maximum absolute atomic E-state index is 4.34. The monoisotopic (exact) mass is 280 g/mol. The van der Waals surface area contributed by atoms with Crippen LogP contribution < -0.4 is 0 Å². The van der Waals surface area contributed by atoms with E-state index in [-0.39, 0.29) is 0 Å². The third-order valence-corrected chi connectivity index (χ3v) is 3.53. The molecule has 0 aliphatic heterocycles. The van der Waals surface area contributed by atoms with Crippen LogP contribution in [0, 0.1) is 0 Å². The smallest absolute Gasteiger partial charge is 0.139 e. The largest absolute Gasteiger partial charge is 0.325 e. The molecule has 0 saturated carbocycles. The van der Waals surface area contributed by atoms with Gasteiger partial charge in [0.1, 0.15) is 15.0 Å². The molecule has 2 nitrogen and oxygen atoms in total. The molecular weight excluding hydrogens is 272 g/mol. The van der Waals surface area contributed by atoms with Crippen molar-refractivity contribution in [2.24, 2.45) is 7.05 Å². The molecule has 0 fully saturated rings. The Morgan fingerprint density at radius 1 is 1.36 bits per heavy atom. The van der Waals surface area contributed by atoms with Crippen molar-refractivity contribution in [3.8, 4) is 0 Å². The highest BCUT2D eigenvalue weighted by atomic mass is 79.9. The molecule has 0 atom stereocenters. The molecule has 0 radical (unpaired) electrons. The van der Waals surface area contributed by atoms with Crippen molar-refractivity contribution in [2.75, 3.05) is 0 Å². The highest BCUT2D eigenvalue weighted by molar-refractivity contribution is 9.13. The number of aromatic nitrogens is 2. The second kappa shape index (κ2) is 3.27. The van der Waals surface area contributed by atoms with Crippen LogP contribution in [0.5, 0.6) is 0 Å². The molecule has 0 aliphatic rings. The van der Waals surface area contributed by atoms with Crippen molar-refractivity contribution >= 4 is 31.9 Å². The molecule has 0 amide bonds. The molecular formula is C7H10Br2N2.